The lowest BCUT2D eigenvalue weighted by atomic mass is 9.66. The van der Waals surface area contributed by atoms with Gasteiger partial charge in [0.2, 0.25) is 11.8 Å². The van der Waals surface area contributed by atoms with Gasteiger partial charge in [-0.05, 0) is 56.2 Å². The van der Waals surface area contributed by atoms with Gasteiger partial charge in [0.25, 0.3) is 0 Å². The molecule has 0 unspecified atom stereocenters. The van der Waals surface area contributed by atoms with E-state index in [2.05, 4.69) is 26.9 Å². The van der Waals surface area contributed by atoms with Crippen molar-refractivity contribution in [2.24, 2.45) is 5.41 Å². The summed E-state index contributed by atoms with van der Waals surface area (Å²) in [6.45, 7) is 4.60. The van der Waals surface area contributed by atoms with E-state index in [0.29, 0.717) is 13.0 Å². The average Bonchev–Trinajstić information content (AvgIpc) is 2.62. The molecule has 2 saturated heterocycles. The van der Waals surface area contributed by atoms with Crippen LogP contribution in [0.4, 0.5) is 5.69 Å². The van der Waals surface area contributed by atoms with Crippen molar-refractivity contribution in [2.45, 2.75) is 38.5 Å². The molecule has 0 aliphatic carbocycles. The SMILES string of the molecule is C[C@@H]1CN2c3ccc(Br)cc3CC3(C(=O)N(C)C(=S)N(C)C3=O)[C@H]2[C@H](C)O1. The minimum Gasteiger partial charge on any atom is -0.372 e. The smallest absolute Gasteiger partial charge is 0.246 e. The predicted octanol–water partition coefficient (Wildman–Crippen LogP) is 2.19. The maximum Gasteiger partial charge on any atom is 0.246 e. The highest BCUT2D eigenvalue weighted by molar-refractivity contribution is 9.10. The molecule has 0 N–H and O–H groups in total. The molecule has 1 aromatic carbocycles. The highest BCUT2D eigenvalue weighted by Crippen LogP contribution is 2.49. The van der Waals surface area contributed by atoms with Gasteiger partial charge in [-0.3, -0.25) is 19.4 Å². The molecule has 6 nitrogen and oxygen atoms in total. The number of morpholine rings is 1. The first-order valence-electron chi connectivity index (χ1n) is 8.99. The number of fused-ring (bicyclic) bond motifs is 4. The first kappa shape index (κ1) is 18.8. The lowest BCUT2D eigenvalue weighted by molar-refractivity contribution is -0.164. The summed E-state index contributed by atoms with van der Waals surface area (Å²) < 4.78 is 7.02. The summed E-state index contributed by atoms with van der Waals surface area (Å²) in [5.41, 5.74) is 0.798. The number of hydrogen-bond donors (Lipinski definition) is 0. The van der Waals surface area contributed by atoms with Gasteiger partial charge in [-0.15, -0.1) is 0 Å². The van der Waals surface area contributed by atoms with Crippen molar-refractivity contribution in [3.63, 3.8) is 0 Å². The van der Waals surface area contributed by atoms with Gasteiger partial charge in [0.05, 0.1) is 18.2 Å². The zero-order valence-electron chi connectivity index (χ0n) is 15.7. The van der Waals surface area contributed by atoms with Crippen LogP contribution >= 0.6 is 28.1 Å². The number of halogens is 1. The molecule has 0 aromatic heterocycles. The summed E-state index contributed by atoms with van der Waals surface area (Å²) >= 11 is 8.83. The normalized spacial score (nSPS) is 29.9. The Balaban J connectivity index is 1.96. The molecule has 1 spiro atoms. The standard InChI is InChI=1S/C19H22BrN3O3S/c1-10-9-23-14-6-5-13(20)7-12(14)8-19(15(23)11(2)26-10)16(24)21(3)18(27)22(4)17(19)25/h5-7,10-11,15H,8-9H2,1-4H3/t10-,11+,15-/m1/s1. The summed E-state index contributed by atoms with van der Waals surface area (Å²) in [6, 6.07) is 5.68. The number of benzene rings is 1. The number of nitrogens with zero attached hydrogens (tertiary/aromatic N) is 3. The third-order valence-corrected chi connectivity index (χ3v) is 6.99. The van der Waals surface area contributed by atoms with Crippen molar-refractivity contribution >= 4 is 50.8 Å². The second kappa shape index (κ2) is 6.25. The zero-order valence-corrected chi connectivity index (χ0v) is 18.1. The Morgan fingerprint density at radius 3 is 2.44 bits per heavy atom. The number of hydrogen-bond acceptors (Lipinski definition) is 5. The number of ether oxygens (including phenoxy) is 1. The average molecular weight is 452 g/mol. The predicted molar refractivity (Wildman–Crippen MR) is 110 cm³/mol. The van der Waals surface area contributed by atoms with Gasteiger partial charge in [0.15, 0.2) is 10.5 Å². The summed E-state index contributed by atoms with van der Waals surface area (Å²) in [7, 11) is 3.29. The van der Waals surface area contributed by atoms with Gasteiger partial charge in [0, 0.05) is 30.8 Å². The van der Waals surface area contributed by atoms with Crippen LogP contribution in [0.5, 0.6) is 0 Å². The minimum absolute atomic E-state index is 0.00762. The third kappa shape index (κ3) is 2.49. The molecule has 144 valence electrons. The van der Waals surface area contributed by atoms with E-state index >= 15 is 0 Å². The molecule has 8 heteroatoms. The largest absolute Gasteiger partial charge is 0.372 e. The molecule has 3 aliphatic rings. The van der Waals surface area contributed by atoms with E-state index < -0.39 is 5.41 Å². The van der Waals surface area contributed by atoms with Crippen LogP contribution in [0.2, 0.25) is 0 Å². The maximum atomic E-state index is 13.5. The Morgan fingerprint density at radius 2 is 1.81 bits per heavy atom. The number of carbonyl (C=O) groups excluding carboxylic acids is 2. The molecular weight excluding hydrogens is 430 g/mol. The van der Waals surface area contributed by atoms with Crippen molar-refractivity contribution < 1.29 is 14.3 Å². The van der Waals surface area contributed by atoms with Crippen molar-refractivity contribution in [1.29, 1.82) is 0 Å². The Labute approximate surface area is 172 Å². The number of rotatable bonds is 0. The van der Waals surface area contributed by atoms with Crippen LogP contribution < -0.4 is 4.90 Å². The molecule has 0 bridgehead atoms. The quantitative estimate of drug-likeness (QED) is 0.446. The zero-order chi connectivity index (χ0) is 19.7. The van der Waals surface area contributed by atoms with Crippen LogP contribution in [0, 0.1) is 5.41 Å². The number of anilines is 1. The van der Waals surface area contributed by atoms with E-state index in [1.807, 2.05) is 26.0 Å². The molecular formula is C19H22BrN3O3S. The lowest BCUT2D eigenvalue weighted by Gasteiger charge is -2.57. The van der Waals surface area contributed by atoms with E-state index in [9.17, 15) is 9.59 Å². The molecule has 0 radical (unpaired) electrons. The van der Waals surface area contributed by atoms with E-state index in [0.717, 1.165) is 15.7 Å². The highest BCUT2D eigenvalue weighted by Gasteiger charge is 2.64. The second-order valence-electron chi connectivity index (χ2n) is 7.68. The van der Waals surface area contributed by atoms with Crippen LogP contribution in [0.1, 0.15) is 19.4 Å². The molecule has 0 saturated carbocycles. The summed E-state index contributed by atoms with van der Waals surface area (Å²) in [4.78, 5) is 32.1. The van der Waals surface area contributed by atoms with Gasteiger partial charge in [-0.25, -0.2) is 0 Å². The van der Waals surface area contributed by atoms with Crippen LogP contribution in [0.25, 0.3) is 0 Å². The van der Waals surface area contributed by atoms with Crippen molar-refractivity contribution in [2.75, 3.05) is 25.5 Å². The van der Waals surface area contributed by atoms with E-state index in [4.69, 9.17) is 17.0 Å². The lowest BCUT2D eigenvalue weighted by Crippen LogP contribution is -2.75. The first-order valence-corrected chi connectivity index (χ1v) is 10.2. The van der Waals surface area contributed by atoms with Crippen LogP contribution in [0.3, 0.4) is 0 Å². The number of amides is 2. The Bertz CT molecular complexity index is 837. The van der Waals surface area contributed by atoms with Crippen molar-refractivity contribution in [3.8, 4) is 0 Å². The Morgan fingerprint density at radius 1 is 1.19 bits per heavy atom. The van der Waals surface area contributed by atoms with Gasteiger partial charge >= 0.3 is 0 Å². The number of thiocarbonyl (C=S) groups is 1. The maximum absolute atomic E-state index is 13.5. The minimum atomic E-state index is -1.25. The molecule has 3 atom stereocenters. The Hall–Kier alpha value is -1.51. The van der Waals surface area contributed by atoms with Crippen molar-refractivity contribution in [1.82, 2.24) is 9.80 Å². The van der Waals surface area contributed by atoms with Gasteiger partial charge in [0.1, 0.15) is 0 Å². The van der Waals surface area contributed by atoms with E-state index in [-0.39, 0.29) is 35.2 Å². The Kier molecular flexibility index (Phi) is 4.36. The van der Waals surface area contributed by atoms with Gasteiger partial charge in [-0.2, -0.15) is 0 Å². The molecule has 2 fully saturated rings. The summed E-state index contributed by atoms with van der Waals surface area (Å²) in [5, 5.41) is 0.236. The third-order valence-electron chi connectivity index (χ3n) is 5.95. The van der Waals surface area contributed by atoms with Crippen LogP contribution in [0.15, 0.2) is 22.7 Å². The monoisotopic (exact) mass is 451 g/mol. The summed E-state index contributed by atoms with van der Waals surface area (Å²) in [5.74, 6) is -0.498. The fraction of sp³-hybridized carbons (Fsp3) is 0.526. The second-order valence-corrected chi connectivity index (χ2v) is 8.96. The topological polar surface area (TPSA) is 53.1 Å². The van der Waals surface area contributed by atoms with Crippen LogP contribution in [-0.2, 0) is 20.7 Å². The highest BCUT2D eigenvalue weighted by atomic mass is 79.9. The summed E-state index contributed by atoms with van der Waals surface area (Å²) in [6.07, 6.45) is 0.0696. The molecule has 3 heterocycles. The molecule has 2 amide bonds. The van der Waals surface area contributed by atoms with Crippen LogP contribution in [-0.4, -0.2) is 65.6 Å². The van der Waals surface area contributed by atoms with E-state index in [1.54, 1.807) is 14.1 Å². The molecule has 27 heavy (non-hydrogen) atoms. The molecule has 4 rings (SSSR count). The fourth-order valence-corrected chi connectivity index (χ4v) is 5.49. The van der Waals surface area contributed by atoms with E-state index in [1.165, 1.54) is 9.80 Å². The fourth-order valence-electron chi connectivity index (χ4n) is 4.92. The first-order chi connectivity index (χ1) is 12.7. The molecule has 1 aromatic rings. The van der Waals surface area contributed by atoms with Gasteiger partial charge < -0.3 is 9.64 Å². The number of carbonyl (C=O) groups is 2. The molecule has 3 aliphatic heterocycles. The van der Waals surface area contributed by atoms with Gasteiger partial charge in [-0.1, -0.05) is 15.9 Å². The van der Waals surface area contributed by atoms with Crippen molar-refractivity contribution in [3.05, 3.63) is 28.2 Å².